The van der Waals surface area contributed by atoms with E-state index in [4.69, 9.17) is 28.0 Å². The standard InChI is InChI=1S/C32H31Cl2F6N3O3/c1-46-42-28(19-41-29(44)21-15-23(31(35,36)37)18-24(16-21)32(38,39)40)25(20-7-8-26(33)27(34)17-20)9-12-43-13-10-30(45,11-14-43)22-5-3-2-4-6-22/h2-8,15-18,25,45H,9-14,19H2,1H3,(H,41,44). The number of alkyl halides is 6. The molecule has 3 aromatic carbocycles. The lowest BCUT2D eigenvalue weighted by Gasteiger charge is -2.39. The Bertz CT molecular complexity index is 1510. The Morgan fingerprint density at radius 2 is 1.57 bits per heavy atom. The quantitative estimate of drug-likeness (QED) is 0.129. The van der Waals surface area contributed by atoms with Gasteiger partial charge in [-0.3, -0.25) is 4.79 Å². The van der Waals surface area contributed by atoms with Crippen LogP contribution in [0.5, 0.6) is 0 Å². The fourth-order valence-corrected chi connectivity index (χ4v) is 5.75. The van der Waals surface area contributed by atoms with Gasteiger partial charge in [-0.2, -0.15) is 26.3 Å². The van der Waals surface area contributed by atoms with E-state index in [1.807, 2.05) is 30.3 Å². The molecule has 14 heteroatoms. The molecule has 0 aromatic heterocycles. The Kier molecular flexibility index (Phi) is 11.3. The van der Waals surface area contributed by atoms with E-state index in [0.717, 1.165) is 5.56 Å². The minimum atomic E-state index is -5.11. The maximum absolute atomic E-state index is 13.4. The number of piperidine rings is 1. The summed E-state index contributed by atoms with van der Waals surface area (Å²) in [4.78, 5) is 20.1. The van der Waals surface area contributed by atoms with E-state index in [-0.39, 0.29) is 23.3 Å². The van der Waals surface area contributed by atoms with Gasteiger partial charge in [0, 0.05) is 24.6 Å². The predicted octanol–water partition coefficient (Wildman–Crippen LogP) is 7.92. The molecule has 1 fully saturated rings. The normalized spacial score (nSPS) is 16.6. The first-order chi connectivity index (χ1) is 21.6. The van der Waals surface area contributed by atoms with E-state index in [0.29, 0.717) is 61.6 Å². The topological polar surface area (TPSA) is 74.2 Å². The zero-order valence-electron chi connectivity index (χ0n) is 24.6. The largest absolute Gasteiger partial charge is 0.416 e. The summed E-state index contributed by atoms with van der Waals surface area (Å²) in [6.07, 6.45) is -8.80. The van der Waals surface area contributed by atoms with E-state index < -0.39 is 46.5 Å². The first kappa shape index (κ1) is 35.5. The SMILES string of the molecule is CON=C(CNC(=O)c1cc(C(F)(F)F)cc(C(F)(F)F)c1)C(CCN1CCC(O)(c2ccccc2)CC1)c1ccc(Cl)c(Cl)c1. The molecule has 0 bridgehead atoms. The smallest absolute Gasteiger partial charge is 0.399 e. The molecule has 1 saturated heterocycles. The second-order valence-corrected chi connectivity index (χ2v) is 11.8. The highest BCUT2D eigenvalue weighted by Crippen LogP contribution is 2.37. The Balaban J connectivity index is 1.53. The number of oxime groups is 1. The van der Waals surface area contributed by atoms with Crippen molar-refractivity contribution in [3.05, 3.63) is 105 Å². The van der Waals surface area contributed by atoms with Gasteiger partial charge in [-0.1, -0.05) is 64.8 Å². The van der Waals surface area contributed by atoms with E-state index in [2.05, 4.69) is 15.4 Å². The maximum atomic E-state index is 13.4. The number of likely N-dealkylation sites (tertiary alicyclic amines) is 1. The number of carbonyl (C=O) groups is 1. The Hall–Kier alpha value is -3.32. The molecular weight excluding hydrogens is 659 g/mol. The number of hydrogen-bond donors (Lipinski definition) is 2. The number of aliphatic hydroxyl groups is 1. The van der Waals surface area contributed by atoms with Crippen molar-refractivity contribution in [3.63, 3.8) is 0 Å². The summed E-state index contributed by atoms with van der Waals surface area (Å²) in [5.74, 6) is -1.71. The predicted molar refractivity (Wildman–Crippen MR) is 163 cm³/mol. The third-order valence-electron chi connectivity index (χ3n) is 7.97. The van der Waals surface area contributed by atoms with Crippen molar-refractivity contribution < 1.29 is 41.1 Å². The lowest BCUT2D eigenvalue weighted by Crippen LogP contribution is -2.43. The van der Waals surface area contributed by atoms with Crippen LogP contribution in [0.2, 0.25) is 10.0 Å². The summed E-state index contributed by atoms with van der Waals surface area (Å²) in [6.45, 7) is 1.34. The van der Waals surface area contributed by atoms with Gasteiger partial charge in [0.25, 0.3) is 5.91 Å². The van der Waals surface area contributed by atoms with Crippen molar-refractivity contribution in [1.82, 2.24) is 10.2 Å². The molecule has 1 amide bonds. The van der Waals surface area contributed by atoms with Gasteiger partial charge in [0.05, 0.1) is 39.0 Å². The van der Waals surface area contributed by atoms with Crippen molar-refractivity contribution >= 4 is 34.8 Å². The summed E-state index contributed by atoms with van der Waals surface area (Å²) < 4.78 is 80.2. The number of carbonyl (C=O) groups excluding carboxylic acids is 1. The third-order valence-corrected chi connectivity index (χ3v) is 8.70. The van der Waals surface area contributed by atoms with Crippen LogP contribution >= 0.6 is 23.2 Å². The fourth-order valence-electron chi connectivity index (χ4n) is 5.45. The first-order valence-corrected chi connectivity index (χ1v) is 15.0. The molecule has 1 aliphatic heterocycles. The van der Waals surface area contributed by atoms with Crippen LogP contribution in [0.1, 0.15) is 57.8 Å². The van der Waals surface area contributed by atoms with Crippen LogP contribution in [-0.2, 0) is 22.8 Å². The second kappa shape index (κ2) is 14.6. The molecular formula is C32H31Cl2F6N3O3. The molecule has 6 nitrogen and oxygen atoms in total. The minimum Gasteiger partial charge on any atom is -0.399 e. The van der Waals surface area contributed by atoms with Gasteiger partial charge < -0.3 is 20.2 Å². The number of benzene rings is 3. The Labute approximate surface area is 271 Å². The van der Waals surface area contributed by atoms with Crippen LogP contribution in [0.3, 0.4) is 0 Å². The molecule has 248 valence electrons. The van der Waals surface area contributed by atoms with Crippen LogP contribution in [0.15, 0.2) is 71.9 Å². The molecule has 1 aliphatic rings. The highest BCUT2D eigenvalue weighted by atomic mass is 35.5. The molecule has 1 heterocycles. The van der Waals surface area contributed by atoms with Crippen LogP contribution in [0.4, 0.5) is 26.3 Å². The Morgan fingerprint density at radius 1 is 0.957 bits per heavy atom. The number of amides is 1. The van der Waals surface area contributed by atoms with Crippen molar-refractivity contribution in [1.29, 1.82) is 0 Å². The number of nitrogens with zero attached hydrogens (tertiary/aromatic N) is 2. The lowest BCUT2D eigenvalue weighted by atomic mass is 9.84. The minimum absolute atomic E-state index is 0.0455. The number of halogens is 8. The molecule has 0 saturated carbocycles. The first-order valence-electron chi connectivity index (χ1n) is 14.2. The van der Waals surface area contributed by atoms with Crippen LogP contribution < -0.4 is 5.32 Å². The van der Waals surface area contributed by atoms with Gasteiger partial charge in [-0.15, -0.1) is 0 Å². The summed E-state index contributed by atoms with van der Waals surface area (Å²) in [7, 11) is 1.27. The summed E-state index contributed by atoms with van der Waals surface area (Å²) in [5, 5.41) is 18.2. The average molecular weight is 691 g/mol. The van der Waals surface area contributed by atoms with Gasteiger partial charge in [0.1, 0.15) is 7.11 Å². The van der Waals surface area contributed by atoms with Gasteiger partial charge in [-0.25, -0.2) is 0 Å². The molecule has 3 aromatic rings. The highest BCUT2D eigenvalue weighted by molar-refractivity contribution is 6.42. The Morgan fingerprint density at radius 3 is 2.11 bits per heavy atom. The van der Waals surface area contributed by atoms with Crippen molar-refractivity contribution in [2.75, 3.05) is 33.3 Å². The van der Waals surface area contributed by atoms with Gasteiger partial charge >= 0.3 is 12.4 Å². The second-order valence-electron chi connectivity index (χ2n) is 11.0. The molecule has 0 spiro atoms. The van der Waals surface area contributed by atoms with Gasteiger partial charge in [-0.05, 0) is 67.3 Å². The summed E-state index contributed by atoms with van der Waals surface area (Å²) in [5.41, 5.74) is -3.24. The number of hydrogen-bond acceptors (Lipinski definition) is 5. The molecule has 0 radical (unpaired) electrons. The van der Waals surface area contributed by atoms with Crippen molar-refractivity contribution in [3.8, 4) is 0 Å². The molecule has 1 unspecified atom stereocenters. The highest BCUT2D eigenvalue weighted by Gasteiger charge is 2.38. The fraction of sp³-hybridized carbons (Fsp3) is 0.375. The van der Waals surface area contributed by atoms with E-state index in [9.17, 15) is 36.2 Å². The van der Waals surface area contributed by atoms with Crippen LogP contribution in [0, 0.1) is 0 Å². The summed E-state index contributed by atoms with van der Waals surface area (Å²) in [6, 6.07) is 15.0. The average Bonchev–Trinajstić information content (AvgIpc) is 3.01. The lowest BCUT2D eigenvalue weighted by molar-refractivity contribution is -0.143. The summed E-state index contributed by atoms with van der Waals surface area (Å²) >= 11 is 12.4. The van der Waals surface area contributed by atoms with Crippen molar-refractivity contribution in [2.24, 2.45) is 5.16 Å². The molecule has 1 atom stereocenters. The third kappa shape index (κ3) is 8.93. The number of nitrogens with one attached hydrogen (secondary N) is 1. The zero-order chi connectivity index (χ0) is 33.7. The molecule has 46 heavy (non-hydrogen) atoms. The van der Waals surface area contributed by atoms with E-state index in [1.165, 1.54) is 7.11 Å². The zero-order valence-corrected chi connectivity index (χ0v) is 26.1. The van der Waals surface area contributed by atoms with Crippen LogP contribution in [-0.4, -0.2) is 54.9 Å². The monoisotopic (exact) mass is 689 g/mol. The molecule has 4 rings (SSSR count). The van der Waals surface area contributed by atoms with E-state index in [1.54, 1.807) is 18.2 Å². The van der Waals surface area contributed by atoms with Gasteiger partial charge in [0.15, 0.2) is 0 Å². The van der Waals surface area contributed by atoms with E-state index >= 15 is 0 Å². The number of rotatable bonds is 10. The maximum Gasteiger partial charge on any atom is 0.416 e. The van der Waals surface area contributed by atoms with Crippen molar-refractivity contribution in [2.45, 2.75) is 43.1 Å². The van der Waals surface area contributed by atoms with Crippen LogP contribution in [0.25, 0.3) is 0 Å². The van der Waals surface area contributed by atoms with Gasteiger partial charge in [0.2, 0.25) is 0 Å². The molecule has 2 N–H and O–H groups in total. The molecule has 0 aliphatic carbocycles.